The zero-order chi connectivity index (χ0) is 11.1. The van der Waals surface area contributed by atoms with Crippen LogP contribution in [-0.2, 0) is 0 Å². The zero-order valence-corrected chi connectivity index (χ0v) is 8.88. The van der Waals surface area contributed by atoms with Crippen LogP contribution in [0.5, 0.6) is 0 Å². The van der Waals surface area contributed by atoms with E-state index in [-0.39, 0.29) is 5.82 Å². The number of hydrogen-bond acceptors (Lipinski definition) is 3. The number of rotatable bonds is 0. The molecule has 5 heteroatoms. The first-order chi connectivity index (χ1) is 7.72. The summed E-state index contributed by atoms with van der Waals surface area (Å²) in [6.07, 6.45) is 1.66. The Morgan fingerprint density at radius 3 is 2.94 bits per heavy atom. The third kappa shape index (κ3) is 1.45. The lowest BCUT2D eigenvalue weighted by Crippen LogP contribution is -1.89. The van der Waals surface area contributed by atoms with Gasteiger partial charge in [0.1, 0.15) is 11.5 Å². The predicted octanol–water partition coefficient (Wildman–Crippen LogP) is 2.98. The van der Waals surface area contributed by atoms with Crippen molar-refractivity contribution in [3.63, 3.8) is 0 Å². The molecule has 16 heavy (non-hydrogen) atoms. The van der Waals surface area contributed by atoms with Crippen LogP contribution in [0.15, 0.2) is 30.5 Å². The number of hydrogen-bond donors (Lipinski definition) is 1. The van der Waals surface area contributed by atoms with Crippen molar-refractivity contribution in [3.8, 4) is 0 Å². The van der Waals surface area contributed by atoms with Crippen LogP contribution in [0, 0.1) is 10.6 Å². The van der Waals surface area contributed by atoms with E-state index in [2.05, 4.69) is 15.0 Å². The van der Waals surface area contributed by atoms with Gasteiger partial charge in [-0.2, -0.15) is 0 Å². The van der Waals surface area contributed by atoms with E-state index in [0.29, 0.717) is 15.9 Å². The van der Waals surface area contributed by atoms with Gasteiger partial charge in [-0.1, -0.05) is 0 Å². The van der Waals surface area contributed by atoms with E-state index in [4.69, 9.17) is 12.2 Å². The van der Waals surface area contributed by atoms with E-state index in [1.807, 2.05) is 6.07 Å². The molecule has 0 fully saturated rings. The van der Waals surface area contributed by atoms with Crippen molar-refractivity contribution >= 4 is 34.2 Å². The van der Waals surface area contributed by atoms with E-state index >= 15 is 0 Å². The van der Waals surface area contributed by atoms with Gasteiger partial charge in [-0.05, 0) is 30.4 Å². The van der Waals surface area contributed by atoms with E-state index in [9.17, 15) is 4.39 Å². The Morgan fingerprint density at radius 1 is 1.19 bits per heavy atom. The van der Waals surface area contributed by atoms with Crippen molar-refractivity contribution in [1.82, 2.24) is 15.0 Å². The maximum Gasteiger partial charge on any atom is 0.198 e. The number of nitrogens with one attached hydrogen (secondary N) is 1. The standard InChI is InChI=1S/C11H6FN3S/c12-8-2-1-6-3-7-5-13-11(16)15-10(7)14-9(6)4-8/h1-5H,(H,13,14,15,16). The second-order valence-electron chi connectivity index (χ2n) is 3.45. The number of fused-ring (bicyclic) bond motifs is 2. The largest absolute Gasteiger partial charge is 0.315 e. The highest BCUT2D eigenvalue weighted by molar-refractivity contribution is 7.71. The van der Waals surface area contributed by atoms with Gasteiger partial charge in [-0.15, -0.1) is 0 Å². The molecule has 0 aliphatic rings. The molecule has 2 aromatic heterocycles. The second kappa shape index (κ2) is 3.31. The summed E-state index contributed by atoms with van der Waals surface area (Å²) < 4.78 is 13.4. The van der Waals surface area contributed by atoms with Gasteiger partial charge in [0, 0.05) is 23.0 Å². The Balaban J connectivity index is 2.49. The molecule has 1 N–H and O–H groups in total. The number of aromatic amines is 1. The van der Waals surface area contributed by atoms with Crippen LogP contribution in [0.3, 0.4) is 0 Å². The van der Waals surface area contributed by atoms with E-state index in [1.54, 1.807) is 12.3 Å². The molecule has 0 saturated carbocycles. The Kier molecular flexibility index (Phi) is 1.94. The summed E-state index contributed by atoms with van der Waals surface area (Å²) in [5, 5.41) is 1.73. The summed E-state index contributed by atoms with van der Waals surface area (Å²) in [6.45, 7) is 0. The molecule has 0 aliphatic heterocycles. The fourth-order valence-corrected chi connectivity index (χ4v) is 1.77. The maximum atomic E-state index is 13.0. The van der Waals surface area contributed by atoms with E-state index in [1.165, 1.54) is 12.1 Å². The lowest BCUT2D eigenvalue weighted by atomic mass is 10.2. The van der Waals surface area contributed by atoms with Gasteiger partial charge in [0.2, 0.25) is 0 Å². The highest BCUT2D eigenvalue weighted by atomic mass is 32.1. The fourth-order valence-electron chi connectivity index (χ4n) is 1.62. The minimum Gasteiger partial charge on any atom is -0.315 e. The quantitative estimate of drug-likeness (QED) is 0.477. The molecule has 3 aromatic rings. The Bertz CT molecular complexity index is 751. The molecule has 0 atom stereocenters. The first-order valence-corrected chi connectivity index (χ1v) is 5.08. The number of benzene rings is 1. The minimum absolute atomic E-state index is 0.299. The number of nitrogens with zero attached hydrogens (tertiary/aromatic N) is 2. The average molecular weight is 231 g/mol. The molecule has 0 unspecified atom stereocenters. The van der Waals surface area contributed by atoms with Crippen molar-refractivity contribution in [1.29, 1.82) is 0 Å². The van der Waals surface area contributed by atoms with Crippen LogP contribution in [0.25, 0.3) is 21.9 Å². The summed E-state index contributed by atoms with van der Waals surface area (Å²) in [5.74, 6) is -0.299. The number of pyridine rings is 1. The molecular weight excluding hydrogens is 225 g/mol. The van der Waals surface area contributed by atoms with Crippen LogP contribution < -0.4 is 0 Å². The number of H-pyrrole nitrogens is 1. The van der Waals surface area contributed by atoms with Gasteiger partial charge < -0.3 is 4.98 Å². The third-order valence-corrected chi connectivity index (χ3v) is 2.56. The normalized spacial score (nSPS) is 11.1. The molecule has 0 spiro atoms. The molecule has 0 radical (unpaired) electrons. The highest BCUT2D eigenvalue weighted by Gasteiger charge is 2.01. The molecule has 0 aliphatic carbocycles. The second-order valence-corrected chi connectivity index (χ2v) is 3.84. The number of halogens is 1. The van der Waals surface area contributed by atoms with Crippen LogP contribution >= 0.6 is 12.2 Å². The molecule has 78 valence electrons. The van der Waals surface area contributed by atoms with Gasteiger partial charge in [0.15, 0.2) is 4.77 Å². The summed E-state index contributed by atoms with van der Waals surface area (Å²) in [5.41, 5.74) is 1.22. The van der Waals surface area contributed by atoms with Crippen molar-refractivity contribution in [3.05, 3.63) is 41.1 Å². The van der Waals surface area contributed by atoms with Crippen molar-refractivity contribution in [2.24, 2.45) is 0 Å². The Hall–Kier alpha value is -1.88. The van der Waals surface area contributed by atoms with Gasteiger partial charge >= 0.3 is 0 Å². The lowest BCUT2D eigenvalue weighted by molar-refractivity contribution is 0.629. The topological polar surface area (TPSA) is 41.6 Å². The fraction of sp³-hybridized carbons (Fsp3) is 0. The number of aromatic nitrogens is 3. The molecule has 0 saturated heterocycles. The van der Waals surface area contributed by atoms with Crippen molar-refractivity contribution in [2.45, 2.75) is 0 Å². The van der Waals surface area contributed by atoms with Gasteiger partial charge in [-0.25, -0.2) is 14.4 Å². The zero-order valence-electron chi connectivity index (χ0n) is 8.07. The first kappa shape index (κ1) is 9.35. The molecule has 1 aromatic carbocycles. The molecule has 3 nitrogen and oxygen atoms in total. The minimum atomic E-state index is -0.299. The average Bonchev–Trinajstić information content (AvgIpc) is 2.26. The monoisotopic (exact) mass is 231 g/mol. The van der Waals surface area contributed by atoms with Gasteiger partial charge in [-0.3, -0.25) is 0 Å². The van der Waals surface area contributed by atoms with Crippen LogP contribution in [0.2, 0.25) is 0 Å². The highest BCUT2D eigenvalue weighted by Crippen LogP contribution is 2.18. The molecule has 3 rings (SSSR count). The SMILES string of the molecule is Fc1ccc2cc3cnc(=S)[nH]c3nc2c1. The first-order valence-electron chi connectivity index (χ1n) is 4.68. The van der Waals surface area contributed by atoms with Gasteiger partial charge in [0.05, 0.1) is 5.52 Å². The molecular formula is C11H6FN3S. The summed E-state index contributed by atoms with van der Waals surface area (Å²) >= 11 is 4.91. The smallest absolute Gasteiger partial charge is 0.198 e. The maximum absolute atomic E-state index is 13.0. The van der Waals surface area contributed by atoms with Gasteiger partial charge in [0.25, 0.3) is 0 Å². The lowest BCUT2D eigenvalue weighted by Gasteiger charge is -2.00. The van der Waals surface area contributed by atoms with Crippen LogP contribution in [0.1, 0.15) is 0 Å². The Morgan fingerprint density at radius 2 is 2.06 bits per heavy atom. The predicted molar refractivity (Wildman–Crippen MR) is 62.2 cm³/mol. The molecule has 2 heterocycles. The summed E-state index contributed by atoms with van der Waals surface area (Å²) in [7, 11) is 0. The van der Waals surface area contributed by atoms with E-state index in [0.717, 1.165) is 10.8 Å². The van der Waals surface area contributed by atoms with Crippen LogP contribution in [0.4, 0.5) is 4.39 Å². The van der Waals surface area contributed by atoms with E-state index < -0.39 is 0 Å². The third-order valence-electron chi connectivity index (χ3n) is 2.36. The summed E-state index contributed by atoms with van der Waals surface area (Å²) in [4.78, 5) is 11.1. The summed E-state index contributed by atoms with van der Waals surface area (Å²) in [6, 6.07) is 6.40. The molecule has 0 bridgehead atoms. The molecule has 0 amide bonds. The van der Waals surface area contributed by atoms with Crippen molar-refractivity contribution in [2.75, 3.05) is 0 Å². The van der Waals surface area contributed by atoms with Crippen molar-refractivity contribution < 1.29 is 4.39 Å². The van der Waals surface area contributed by atoms with Crippen LogP contribution in [-0.4, -0.2) is 15.0 Å². The Labute approximate surface area is 95.0 Å².